The second kappa shape index (κ2) is 24.5. The van der Waals surface area contributed by atoms with Crippen LogP contribution in [0.25, 0.3) is 0 Å². The van der Waals surface area contributed by atoms with E-state index in [1.54, 1.807) is 0 Å². The molecule has 0 bridgehead atoms. The molecule has 6 unspecified atom stereocenters. The summed E-state index contributed by atoms with van der Waals surface area (Å²) in [4.78, 5) is 64.9. The summed E-state index contributed by atoms with van der Waals surface area (Å²) in [5, 5.41) is 9.18. The van der Waals surface area contributed by atoms with Gasteiger partial charge in [0.05, 0.1) is 46.2 Å². The van der Waals surface area contributed by atoms with E-state index in [1.807, 2.05) is 0 Å². The summed E-state index contributed by atoms with van der Waals surface area (Å²) < 4.78 is 107. The number of phosphoric ester groups is 5. The van der Waals surface area contributed by atoms with E-state index in [-0.39, 0.29) is 32.8 Å². The molecule has 47 heavy (non-hydrogen) atoms. The molecule has 284 valence electrons. The van der Waals surface area contributed by atoms with Gasteiger partial charge in [-0.1, -0.05) is 0 Å². The highest BCUT2D eigenvalue weighted by Crippen LogP contribution is 2.47. The van der Waals surface area contributed by atoms with Crippen LogP contribution in [0.15, 0.2) is 0 Å². The quantitative estimate of drug-likeness (QED) is 0.0255. The predicted molar refractivity (Wildman–Crippen MR) is 145 cm³/mol. The molecule has 0 saturated carbocycles. The number of hydrogen-bond donors (Lipinski definition) is 5. The molecule has 0 saturated heterocycles. The first kappa shape index (κ1) is 47.4. The van der Waals surface area contributed by atoms with Crippen molar-refractivity contribution in [2.75, 3.05) is 79.3 Å². The van der Waals surface area contributed by atoms with Crippen molar-refractivity contribution in [2.45, 2.75) is 31.7 Å². The Bertz CT molecular complexity index is 1080. The van der Waals surface area contributed by atoms with Gasteiger partial charge in [0.25, 0.3) is 31.3 Å². The van der Waals surface area contributed by atoms with E-state index in [0.29, 0.717) is 19.4 Å². The lowest BCUT2D eigenvalue weighted by Crippen LogP contribution is -2.26. The fourth-order valence-electron chi connectivity index (χ4n) is 2.44. The first-order chi connectivity index (χ1) is 21.8. The first-order valence-corrected chi connectivity index (χ1v) is 20.5. The average molecular weight is 794 g/mol. The minimum absolute atomic E-state index is 0.0549. The Kier molecular flexibility index (Phi) is 24.7. The zero-order valence-electron chi connectivity index (χ0n) is 24.7. The van der Waals surface area contributed by atoms with E-state index < -0.39 is 97.9 Å². The summed E-state index contributed by atoms with van der Waals surface area (Å²) in [6, 6.07) is 0. The minimum Gasteiger partial charge on any atom is -0.756 e. The fourth-order valence-corrected chi connectivity index (χ4v) is 5.82. The highest BCUT2D eigenvalue weighted by molar-refractivity contribution is 7.47. The Balaban J connectivity index is 4.40. The Labute approximate surface area is 269 Å². The SMILES string of the molecule is NCCCOCC(CO)OP(=O)([O-])OCCCOP(=O)([O-])OCCOP(=O)([O-])OCOP(=O)([O-])OC(COCCCN)OP(=O)(O)O. The van der Waals surface area contributed by atoms with Crippen molar-refractivity contribution < 1.29 is 107 Å². The third kappa shape index (κ3) is 28.7. The smallest absolute Gasteiger partial charge is 0.472 e. The van der Waals surface area contributed by atoms with Crippen molar-refractivity contribution in [3.63, 3.8) is 0 Å². The molecule has 0 aliphatic carbocycles. The second-order valence-electron chi connectivity index (χ2n) is 8.33. The van der Waals surface area contributed by atoms with Crippen LogP contribution in [0.1, 0.15) is 19.3 Å². The average Bonchev–Trinajstić information content (AvgIpc) is 2.93. The van der Waals surface area contributed by atoms with Gasteiger partial charge in [-0.2, -0.15) is 0 Å². The van der Waals surface area contributed by atoms with Gasteiger partial charge >= 0.3 is 7.82 Å². The van der Waals surface area contributed by atoms with Crippen LogP contribution in [0, 0.1) is 0 Å². The highest BCUT2D eigenvalue weighted by Gasteiger charge is 2.28. The molecule has 25 nitrogen and oxygen atoms in total. The van der Waals surface area contributed by atoms with Gasteiger partial charge < -0.3 is 78.0 Å². The lowest BCUT2D eigenvalue weighted by molar-refractivity contribution is -0.254. The zero-order chi connectivity index (χ0) is 36.0. The number of rotatable bonds is 32. The number of nitrogens with two attached hydrogens (primary N) is 2. The Hall–Kier alpha value is 0.350. The van der Waals surface area contributed by atoms with Crippen LogP contribution in [-0.4, -0.2) is 107 Å². The van der Waals surface area contributed by atoms with Crippen molar-refractivity contribution in [2.24, 2.45) is 11.5 Å². The molecule has 0 aromatic rings. The van der Waals surface area contributed by atoms with Crippen LogP contribution in [0.3, 0.4) is 0 Å². The van der Waals surface area contributed by atoms with Crippen LogP contribution in [0.5, 0.6) is 0 Å². The summed E-state index contributed by atoms with van der Waals surface area (Å²) in [5.41, 5.74) is 10.5. The predicted octanol–water partition coefficient (Wildman–Crippen LogP) is -3.13. The maximum Gasteiger partial charge on any atom is 0.472 e. The van der Waals surface area contributed by atoms with Crippen molar-refractivity contribution in [1.29, 1.82) is 0 Å². The van der Waals surface area contributed by atoms with Gasteiger partial charge in [-0.05, 0) is 32.4 Å². The summed E-state index contributed by atoms with van der Waals surface area (Å²) in [7, 11) is -26.1. The standard InChI is InChI=1S/C17H43N2O23P5/c18-4-1-6-32-13-16(12-20)40-46(28,29)35-9-3-8-34-44(24,25)36-10-11-37-45(26,27)38-15-39-47(30,31)42-17(41-43(21,22)23)14-33-7-2-5-19/h16-17,20H,1-15,18-19H2,(H,24,25)(H,26,27)(H,28,29)(H,30,31)(H2,21,22,23)/p-4. The molecule has 0 fully saturated rings. The zero-order valence-corrected chi connectivity index (χ0v) is 29.1. The molecule has 0 radical (unpaired) electrons. The lowest BCUT2D eigenvalue weighted by Gasteiger charge is -2.29. The topological polar surface area (TPSA) is 392 Å². The normalized spacial score (nSPS) is 18.9. The molecule has 0 aromatic carbocycles. The number of aliphatic hydroxyl groups is 1. The first-order valence-electron chi connectivity index (χ1n) is 13.1. The van der Waals surface area contributed by atoms with Crippen LogP contribution in [0.2, 0.25) is 0 Å². The number of aliphatic hydroxyl groups excluding tert-OH is 1. The molecule has 7 N–H and O–H groups in total. The lowest BCUT2D eigenvalue weighted by atomic mass is 10.4. The maximum absolute atomic E-state index is 11.9. The van der Waals surface area contributed by atoms with Gasteiger partial charge in [-0.15, -0.1) is 0 Å². The van der Waals surface area contributed by atoms with E-state index in [4.69, 9.17) is 30.7 Å². The van der Waals surface area contributed by atoms with E-state index in [1.165, 1.54) is 0 Å². The molecule has 0 heterocycles. The molecule has 6 atom stereocenters. The van der Waals surface area contributed by atoms with Gasteiger partial charge in [0.15, 0.2) is 13.1 Å². The number of ether oxygens (including phenoxy) is 2. The van der Waals surface area contributed by atoms with Crippen molar-refractivity contribution in [3.8, 4) is 0 Å². The monoisotopic (exact) mass is 794 g/mol. The van der Waals surface area contributed by atoms with E-state index in [2.05, 4.69) is 40.7 Å². The molecular weight excluding hydrogens is 755 g/mol. The molecular formula is C17H39N2O23P5-4. The Morgan fingerprint density at radius 1 is 0.553 bits per heavy atom. The van der Waals surface area contributed by atoms with Crippen LogP contribution >= 0.6 is 39.1 Å². The van der Waals surface area contributed by atoms with E-state index in [0.717, 1.165) is 0 Å². The maximum atomic E-state index is 11.9. The summed E-state index contributed by atoms with van der Waals surface area (Å²) in [6.07, 6.45) is -2.96. The summed E-state index contributed by atoms with van der Waals surface area (Å²) in [6.45, 7) is -5.81. The van der Waals surface area contributed by atoms with Crippen LogP contribution in [0.4, 0.5) is 0 Å². The molecule has 0 amide bonds. The van der Waals surface area contributed by atoms with Crippen LogP contribution in [-0.2, 0) is 73.0 Å². The minimum atomic E-state index is -5.52. The molecule has 0 aliphatic rings. The van der Waals surface area contributed by atoms with E-state index >= 15 is 0 Å². The summed E-state index contributed by atoms with van der Waals surface area (Å²) in [5.74, 6) is 0. The largest absolute Gasteiger partial charge is 0.756 e. The second-order valence-corrected chi connectivity index (χ2v) is 15.1. The van der Waals surface area contributed by atoms with Crippen molar-refractivity contribution in [1.82, 2.24) is 0 Å². The summed E-state index contributed by atoms with van der Waals surface area (Å²) >= 11 is 0. The highest BCUT2D eigenvalue weighted by atomic mass is 31.2. The molecule has 0 rings (SSSR count). The van der Waals surface area contributed by atoms with E-state index in [9.17, 15) is 47.5 Å². The third-order valence-corrected chi connectivity index (χ3v) is 8.72. The van der Waals surface area contributed by atoms with Gasteiger partial charge in [-0.3, -0.25) is 36.4 Å². The number of phosphoric acid groups is 5. The van der Waals surface area contributed by atoms with Gasteiger partial charge in [0.2, 0.25) is 0 Å². The fraction of sp³-hybridized carbons (Fsp3) is 1.00. The Morgan fingerprint density at radius 3 is 1.51 bits per heavy atom. The third-order valence-electron chi connectivity index (χ3n) is 4.32. The van der Waals surface area contributed by atoms with Gasteiger partial charge in [0.1, 0.15) is 6.10 Å². The van der Waals surface area contributed by atoms with Gasteiger partial charge in [0, 0.05) is 13.2 Å². The molecule has 0 aliphatic heterocycles. The molecule has 0 spiro atoms. The van der Waals surface area contributed by atoms with Crippen molar-refractivity contribution in [3.05, 3.63) is 0 Å². The van der Waals surface area contributed by atoms with Crippen molar-refractivity contribution >= 4 is 39.1 Å². The van der Waals surface area contributed by atoms with Gasteiger partial charge in [-0.25, -0.2) is 4.57 Å². The molecule has 30 heteroatoms. The number of hydrogen-bond acceptors (Lipinski definition) is 23. The van der Waals surface area contributed by atoms with Crippen LogP contribution < -0.4 is 31.0 Å². The Morgan fingerprint density at radius 2 is 1.00 bits per heavy atom. The molecule has 0 aromatic heterocycles.